The van der Waals surface area contributed by atoms with Crippen molar-refractivity contribution >= 4 is 28.9 Å². The number of likely N-dealkylation sites (N-methyl/N-ethyl adjacent to an activating group) is 1. The van der Waals surface area contributed by atoms with Crippen LogP contribution in [0.25, 0.3) is 0 Å². The van der Waals surface area contributed by atoms with E-state index in [2.05, 4.69) is 22.9 Å². The summed E-state index contributed by atoms with van der Waals surface area (Å²) in [7, 11) is 2.14. The highest BCUT2D eigenvalue weighted by Gasteiger charge is 2.25. The van der Waals surface area contributed by atoms with Crippen LogP contribution < -0.4 is 9.80 Å². The third kappa shape index (κ3) is 2.38. The molecule has 1 aromatic rings. The number of carbonyl (C=O) groups excluding carboxylic acids is 1. The van der Waals surface area contributed by atoms with Crippen LogP contribution in [0.15, 0.2) is 12.1 Å². The first-order valence-electron chi connectivity index (χ1n) is 7.10. The number of benzene rings is 1. The van der Waals surface area contributed by atoms with Crippen LogP contribution in [0.3, 0.4) is 0 Å². The average Bonchev–Trinajstić information content (AvgIpc) is 2.81. The highest BCUT2D eigenvalue weighted by Crippen LogP contribution is 2.37. The van der Waals surface area contributed by atoms with Gasteiger partial charge in [-0.3, -0.25) is 4.79 Å². The molecule has 0 unspecified atom stereocenters. The second-order valence-electron chi connectivity index (χ2n) is 5.64. The molecule has 0 saturated carbocycles. The van der Waals surface area contributed by atoms with Crippen molar-refractivity contribution in [2.75, 3.05) is 49.6 Å². The first kappa shape index (κ1) is 13.7. The lowest BCUT2D eigenvalue weighted by atomic mass is 10.1. The van der Waals surface area contributed by atoms with Crippen LogP contribution in [0, 0.1) is 0 Å². The van der Waals surface area contributed by atoms with Gasteiger partial charge in [-0.15, -0.1) is 0 Å². The maximum Gasteiger partial charge on any atom is 0.223 e. The Balaban J connectivity index is 1.92. The van der Waals surface area contributed by atoms with Crippen molar-refractivity contribution in [1.82, 2.24) is 4.90 Å². The lowest BCUT2D eigenvalue weighted by Gasteiger charge is -2.35. The summed E-state index contributed by atoms with van der Waals surface area (Å²) in [4.78, 5) is 18.2. The maximum atomic E-state index is 11.7. The lowest BCUT2D eigenvalue weighted by Crippen LogP contribution is -2.44. The van der Waals surface area contributed by atoms with Crippen LogP contribution in [0.4, 0.5) is 11.4 Å². The van der Waals surface area contributed by atoms with E-state index in [1.165, 1.54) is 5.56 Å². The quantitative estimate of drug-likeness (QED) is 0.792. The van der Waals surface area contributed by atoms with Gasteiger partial charge in [0.05, 0.1) is 10.7 Å². The Hall–Kier alpha value is -1.26. The molecule has 1 aromatic carbocycles. The number of nitrogens with zero attached hydrogens (tertiary/aromatic N) is 3. The van der Waals surface area contributed by atoms with Crippen LogP contribution >= 0.6 is 11.6 Å². The van der Waals surface area contributed by atoms with Crippen molar-refractivity contribution in [2.24, 2.45) is 0 Å². The van der Waals surface area contributed by atoms with Gasteiger partial charge in [0.1, 0.15) is 0 Å². The van der Waals surface area contributed by atoms with Crippen LogP contribution in [-0.2, 0) is 11.2 Å². The Morgan fingerprint density at radius 1 is 1.10 bits per heavy atom. The summed E-state index contributed by atoms with van der Waals surface area (Å²) < 4.78 is 0. The minimum Gasteiger partial charge on any atom is -0.368 e. The first-order chi connectivity index (χ1) is 9.56. The number of piperazine rings is 1. The number of anilines is 2. The fourth-order valence-electron chi connectivity index (χ4n) is 3.01. The molecule has 1 amide bonds. The van der Waals surface area contributed by atoms with Crippen LogP contribution in [0.2, 0.25) is 5.02 Å². The third-order valence-electron chi connectivity index (χ3n) is 4.27. The molecule has 0 aromatic heterocycles. The van der Waals surface area contributed by atoms with E-state index >= 15 is 0 Å². The molecule has 20 heavy (non-hydrogen) atoms. The fraction of sp³-hybridized carbons (Fsp3) is 0.533. The maximum absolute atomic E-state index is 11.7. The largest absolute Gasteiger partial charge is 0.368 e. The summed E-state index contributed by atoms with van der Waals surface area (Å²) >= 11 is 6.45. The van der Waals surface area contributed by atoms with E-state index in [0.29, 0.717) is 0 Å². The number of amides is 1. The molecule has 0 spiro atoms. The smallest absolute Gasteiger partial charge is 0.223 e. The van der Waals surface area contributed by atoms with Crippen LogP contribution in [0.1, 0.15) is 12.5 Å². The summed E-state index contributed by atoms with van der Waals surface area (Å²) in [6.45, 7) is 6.45. The van der Waals surface area contributed by atoms with Crippen molar-refractivity contribution < 1.29 is 4.79 Å². The van der Waals surface area contributed by atoms with Crippen LogP contribution in [-0.4, -0.2) is 50.6 Å². The van der Waals surface area contributed by atoms with E-state index in [1.807, 2.05) is 11.0 Å². The topological polar surface area (TPSA) is 26.8 Å². The predicted molar refractivity (Wildman–Crippen MR) is 82.9 cm³/mol. The van der Waals surface area contributed by atoms with Gasteiger partial charge in [-0.05, 0) is 31.2 Å². The molecule has 2 heterocycles. The van der Waals surface area contributed by atoms with Crippen molar-refractivity contribution in [2.45, 2.75) is 13.3 Å². The van der Waals surface area contributed by atoms with E-state index in [9.17, 15) is 4.79 Å². The Morgan fingerprint density at radius 3 is 2.45 bits per heavy atom. The molecule has 0 aliphatic carbocycles. The molecule has 5 heteroatoms. The summed E-state index contributed by atoms with van der Waals surface area (Å²) in [5.74, 6) is 0.107. The van der Waals surface area contributed by atoms with E-state index in [-0.39, 0.29) is 5.91 Å². The molecular formula is C15H20ClN3O. The number of fused-ring (bicyclic) bond motifs is 1. The standard InChI is InChI=1S/C15H20ClN3O/c1-11(20)19-4-3-12-9-13(16)15(10-14(12)19)18-7-5-17(2)6-8-18/h9-10H,3-8H2,1-2H3. The number of hydrogen-bond acceptors (Lipinski definition) is 3. The Labute approximate surface area is 124 Å². The van der Waals surface area contributed by atoms with Gasteiger partial charge >= 0.3 is 0 Å². The van der Waals surface area contributed by atoms with Gasteiger partial charge in [0.25, 0.3) is 0 Å². The van der Waals surface area contributed by atoms with Gasteiger partial charge < -0.3 is 14.7 Å². The lowest BCUT2D eigenvalue weighted by molar-refractivity contribution is -0.116. The van der Waals surface area contributed by atoms with E-state index in [4.69, 9.17) is 11.6 Å². The Kier molecular flexibility index (Phi) is 3.61. The molecule has 0 bridgehead atoms. The zero-order chi connectivity index (χ0) is 14.3. The van der Waals surface area contributed by atoms with Gasteiger partial charge in [-0.1, -0.05) is 11.6 Å². The second-order valence-corrected chi connectivity index (χ2v) is 6.05. The predicted octanol–water partition coefficient (Wildman–Crippen LogP) is 2.00. The van der Waals surface area contributed by atoms with Gasteiger partial charge in [0.2, 0.25) is 5.91 Å². The molecule has 2 aliphatic rings. The zero-order valence-corrected chi connectivity index (χ0v) is 12.8. The van der Waals surface area contributed by atoms with Crippen molar-refractivity contribution in [3.8, 4) is 0 Å². The Bertz CT molecular complexity index is 538. The minimum atomic E-state index is 0.107. The molecule has 3 rings (SSSR count). The second kappa shape index (κ2) is 5.26. The molecule has 0 radical (unpaired) electrons. The molecule has 4 nitrogen and oxygen atoms in total. The van der Waals surface area contributed by atoms with Crippen molar-refractivity contribution in [3.63, 3.8) is 0 Å². The minimum absolute atomic E-state index is 0.107. The van der Waals surface area contributed by atoms with Gasteiger partial charge in [-0.2, -0.15) is 0 Å². The fourth-order valence-corrected chi connectivity index (χ4v) is 3.32. The highest BCUT2D eigenvalue weighted by molar-refractivity contribution is 6.33. The van der Waals surface area contributed by atoms with Crippen molar-refractivity contribution in [1.29, 1.82) is 0 Å². The normalized spacial score (nSPS) is 19.4. The first-order valence-corrected chi connectivity index (χ1v) is 7.48. The summed E-state index contributed by atoms with van der Waals surface area (Å²) in [5.41, 5.74) is 3.28. The summed E-state index contributed by atoms with van der Waals surface area (Å²) in [6.07, 6.45) is 0.900. The zero-order valence-electron chi connectivity index (χ0n) is 12.0. The monoisotopic (exact) mass is 293 g/mol. The number of hydrogen-bond donors (Lipinski definition) is 0. The SMILES string of the molecule is CC(=O)N1CCc2cc(Cl)c(N3CCN(C)CC3)cc21. The number of halogens is 1. The molecule has 1 fully saturated rings. The number of carbonyl (C=O) groups is 1. The van der Waals surface area contributed by atoms with Gasteiger partial charge in [0.15, 0.2) is 0 Å². The number of rotatable bonds is 1. The van der Waals surface area contributed by atoms with Crippen molar-refractivity contribution in [3.05, 3.63) is 22.7 Å². The summed E-state index contributed by atoms with van der Waals surface area (Å²) in [6, 6.07) is 4.13. The Morgan fingerprint density at radius 2 is 1.80 bits per heavy atom. The molecular weight excluding hydrogens is 274 g/mol. The molecule has 0 N–H and O–H groups in total. The van der Waals surface area contributed by atoms with Gasteiger partial charge in [-0.25, -0.2) is 0 Å². The van der Waals surface area contributed by atoms with E-state index < -0.39 is 0 Å². The molecule has 108 valence electrons. The van der Waals surface area contributed by atoms with Crippen LogP contribution in [0.5, 0.6) is 0 Å². The third-order valence-corrected chi connectivity index (χ3v) is 4.57. The van der Waals surface area contributed by atoms with E-state index in [1.54, 1.807) is 6.92 Å². The molecule has 1 saturated heterocycles. The van der Waals surface area contributed by atoms with Gasteiger partial charge in [0, 0.05) is 45.3 Å². The molecule has 2 aliphatic heterocycles. The average molecular weight is 294 g/mol. The highest BCUT2D eigenvalue weighted by atomic mass is 35.5. The molecule has 0 atom stereocenters. The summed E-state index contributed by atoms with van der Waals surface area (Å²) in [5, 5.41) is 0.804. The van der Waals surface area contributed by atoms with E-state index in [0.717, 1.165) is 55.5 Å².